The van der Waals surface area contributed by atoms with Gasteiger partial charge in [0, 0.05) is 12.2 Å². The van der Waals surface area contributed by atoms with Gasteiger partial charge in [-0.25, -0.2) is 4.98 Å². The van der Waals surface area contributed by atoms with Crippen LogP contribution in [0.1, 0.15) is 31.9 Å². The van der Waals surface area contributed by atoms with E-state index in [1.54, 1.807) is 0 Å². The number of nitrogens with zero attached hydrogens (tertiary/aromatic N) is 1. The van der Waals surface area contributed by atoms with Crippen LogP contribution in [0, 0.1) is 18.8 Å². The Balaban J connectivity index is 1.83. The van der Waals surface area contributed by atoms with Crippen molar-refractivity contribution in [2.24, 2.45) is 11.8 Å². The number of rotatable bonds is 3. The summed E-state index contributed by atoms with van der Waals surface area (Å²) in [4.78, 5) is 4.44. The van der Waals surface area contributed by atoms with Crippen LogP contribution in [-0.4, -0.2) is 11.5 Å². The van der Waals surface area contributed by atoms with E-state index in [2.05, 4.69) is 23.3 Å². The highest BCUT2D eigenvalue weighted by Gasteiger charge is 2.20. The quantitative estimate of drug-likeness (QED) is 0.817. The zero-order valence-corrected chi connectivity index (χ0v) is 9.66. The SMILES string of the molecule is Cc1cccc(NCC2CCC(C)C2)n1. The summed E-state index contributed by atoms with van der Waals surface area (Å²) in [6.07, 6.45) is 4.15. The Hall–Kier alpha value is -1.05. The van der Waals surface area contributed by atoms with Gasteiger partial charge in [0.25, 0.3) is 0 Å². The van der Waals surface area contributed by atoms with E-state index < -0.39 is 0 Å². The number of hydrogen-bond acceptors (Lipinski definition) is 2. The third-order valence-corrected chi connectivity index (χ3v) is 3.26. The fourth-order valence-corrected chi connectivity index (χ4v) is 2.40. The van der Waals surface area contributed by atoms with Crippen LogP contribution in [0.5, 0.6) is 0 Å². The molecular weight excluding hydrogens is 184 g/mol. The molecular formula is C13H20N2. The van der Waals surface area contributed by atoms with Crippen molar-refractivity contribution >= 4 is 5.82 Å². The summed E-state index contributed by atoms with van der Waals surface area (Å²) in [6, 6.07) is 6.14. The minimum absolute atomic E-state index is 0.849. The summed E-state index contributed by atoms with van der Waals surface area (Å²) in [5.74, 6) is 2.79. The van der Waals surface area contributed by atoms with Crippen molar-refractivity contribution < 1.29 is 0 Å². The Morgan fingerprint density at radius 1 is 1.40 bits per heavy atom. The minimum atomic E-state index is 0.849. The zero-order valence-electron chi connectivity index (χ0n) is 9.66. The lowest BCUT2D eigenvalue weighted by atomic mass is 10.1. The van der Waals surface area contributed by atoms with E-state index in [0.29, 0.717) is 0 Å². The Labute approximate surface area is 92.1 Å². The van der Waals surface area contributed by atoms with Crippen molar-refractivity contribution in [2.45, 2.75) is 33.1 Å². The van der Waals surface area contributed by atoms with Gasteiger partial charge in [-0.15, -0.1) is 0 Å². The number of hydrogen-bond donors (Lipinski definition) is 1. The van der Waals surface area contributed by atoms with Gasteiger partial charge < -0.3 is 5.32 Å². The molecule has 0 amide bonds. The van der Waals surface area contributed by atoms with Crippen molar-refractivity contribution in [3.8, 4) is 0 Å². The van der Waals surface area contributed by atoms with Crippen LogP contribution < -0.4 is 5.32 Å². The Morgan fingerprint density at radius 2 is 2.27 bits per heavy atom. The molecule has 0 aromatic carbocycles. The van der Waals surface area contributed by atoms with E-state index in [0.717, 1.165) is 29.9 Å². The van der Waals surface area contributed by atoms with Crippen molar-refractivity contribution in [3.05, 3.63) is 23.9 Å². The molecule has 1 saturated carbocycles. The average molecular weight is 204 g/mol. The maximum absolute atomic E-state index is 4.44. The normalized spacial score (nSPS) is 25.5. The molecule has 0 saturated heterocycles. The lowest BCUT2D eigenvalue weighted by Crippen LogP contribution is -2.12. The van der Waals surface area contributed by atoms with E-state index in [1.807, 2.05) is 19.1 Å². The molecule has 0 radical (unpaired) electrons. The van der Waals surface area contributed by atoms with Crippen molar-refractivity contribution in [1.82, 2.24) is 4.98 Å². The molecule has 2 nitrogen and oxygen atoms in total. The molecule has 82 valence electrons. The molecule has 1 heterocycles. The second-order valence-electron chi connectivity index (χ2n) is 4.83. The third-order valence-electron chi connectivity index (χ3n) is 3.26. The summed E-state index contributed by atoms with van der Waals surface area (Å²) < 4.78 is 0. The van der Waals surface area contributed by atoms with Crippen LogP contribution in [0.3, 0.4) is 0 Å². The van der Waals surface area contributed by atoms with Crippen molar-refractivity contribution in [2.75, 3.05) is 11.9 Å². The molecule has 1 aliphatic carbocycles. The van der Waals surface area contributed by atoms with Gasteiger partial charge >= 0.3 is 0 Å². The van der Waals surface area contributed by atoms with Crippen LogP contribution in [0.2, 0.25) is 0 Å². The van der Waals surface area contributed by atoms with E-state index in [1.165, 1.54) is 19.3 Å². The summed E-state index contributed by atoms with van der Waals surface area (Å²) in [7, 11) is 0. The molecule has 2 atom stereocenters. The maximum atomic E-state index is 4.44. The smallest absolute Gasteiger partial charge is 0.126 e. The number of pyridine rings is 1. The highest BCUT2D eigenvalue weighted by atomic mass is 15.0. The number of nitrogens with one attached hydrogen (secondary N) is 1. The molecule has 2 rings (SSSR count). The Bertz CT molecular complexity index is 322. The summed E-state index contributed by atoms with van der Waals surface area (Å²) in [5.41, 5.74) is 1.08. The van der Waals surface area contributed by atoms with E-state index in [-0.39, 0.29) is 0 Å². The van der Waals surface area contributed by atoms with E-state index >= 15 is 0 Å². The van der Waals surface area contributed by atoms with Gasteiger partial charge in [-0.05, 0) is 43.7 Å². The molecule has 1 aliphatic rings. The van der Waals surface area contributed by atoms with E-state index in [4.69, 9.17) is 0 Å². The fraction of sp³-hybridized carbons (Fsp3) is 0.615. The standard InChI is InChI=1S/C13H20N2/c1-10-6-7-12(8-10)9-14-13-5-3-4-11(2)15-13/h3-5,10,12H,6-9H2,1-2H3,(H,14,15). The van der Waals surface area contributed by atoms with Crippen LogP contribution in [-0.2, 0) is 0 Å². The molecule has 1 aromatic heterocycles. The number of anilines is 1. The van der Waals surface area contributed by atoms with Gasteiger partial charge in [-0.1, -0.05) is 19.4 Å². The molecule has 1 aromatic rings. The summed E-state index contributed by atoms with van der Waals surface area (Å²) >= 11 is 0. The maximum Gasteiger partial charge on any atom is 0.126 e. The molecule has 0 bridgehead atoms. The first-order valence-electron chi connectivity index (χ1n) is 5.91. The topological polar surface area (TPSA) is 24.9 Å². The first-order chi connectivity index (χ1) is 7.24. The van der Waals surface area contributed by atoms with Gasteiger partial charge in [0.05, 0.1) is 0 Å². The molecule has 2 heteroatoms. The van der Waals surface area contributed by atoms with Gasteiger partial charge in [0.2, 0.25) is 0 Å². The lowest BCUT2D eigenvalue weighted by Gasteiger charge is -2.11. The van der Waals surface area contributed by atoms with E-state index in [9.17, 15) is 0 Å². The number of aryl methyl sites for hydroxylation is 1. The minimum Gasteiger partial charge on any atom is -0.370 e. The third kappa shape index (κ3) is 2.95. The second kappa shape index (κ2) is 4.65. The predicted molar refractivity (Wildman–Crippen MR) is 64.0 cm³/mol. The predicted octanol–water partition coefficient (Wildman–Crippen LogP) is 3.24. The number of aromatic nitrogens is 1. The highest BCUT2D eigenvalue weighted by Crippen LogP contribution is 2.30. The fourth-order valence-electron chi connectivity index (χ4n) is 2.40. The Kier molecular flexibility index (Phi) is 3.24. The van der Waals surface area contributed by atoms with Crippen molar-refractivity contribution in [3.63, 3.8) is 0 Å². The first-order valence-corrected chi connectivity index (χ1v) is 5.91. The first kappa shape index (κ1) is 10.5. The highest BCUT2D eigenvalue weighted by molar-refractivity contribution is 5.35. The average Bonchev–Trinajstić information content (AvgIpc) is 2.62. The molecule has 2 unspecified atom stereocenters. The lowest BCUT2D eigenvalue weighted by molar-refractivity contribution is 0.536. The summed E-state index contributed by atoms with van der Waals surface area (Å²) in [5, 5.41) is 3.44. The molecule has 15 heavy (non-hydrogen) atoms. The molecule has 0 spiro atoms. The van der Waals surface area contributed by atoms with Crippen LogP contribution >= 0.6 is 0 Å². The van der Waals surface area contributed by atoms with Crippen LogP contribution in [0.4, 0.5) is 5.82 Å². The Morgan fingerprint density at radius 3 is 2.93 bits per heavy atom. The zero-order chi connectivity index (χ0) is 10.7. The van der Waals surface area contributed by atoms with Crippen LogP contribution in [0.15, 0.2) is 18.2 Å². The van der Waals surface area contributed by atoms with Gasteiger partial charge in [0.15, 0.2) is 0 Å². The largest absolute Gasteiger partial charge is 0.370 e. The van der Waals surface area contributed by atoms with Gasteiger partial charge in [0.1, 0.15) is 5.82 Å². The second-order valence-corrected chi connectivity index (χ2v) is 4.83. The van der Waals surface area contributed by atoms with Gasteiger partial charge in [-0.2, -0.15) is 0 Å². The monoisotopic (exact) mass is 204 g/mol. The molecule has 0 aliphatic heterocycles. The molecule has 1 N–H and O–H groups in total. The van der Waals surface area contributed by atoms with Crippen molar-refractivity contribution in [1.29, 1.82) is 0 Å². The molecule has 1 fully saturated rings. The van der Waals surface area contributed by atoms with Crippen LogP contribution in [0.25, 0.3) is 0 Å². The van der Waals surface area contributed by atoms with Gasteiger partial charge in [-0.3, -0.25) is 0 Å². The summed E-state index contributed by atoms with van der Waals surface area (Å²) in [6.45, 7) is 5.47.